The van der Waals surface area contributed by atoms with Gasteiger partial charge in [0.15, 0.2) is 6.61 Å². The van der Waals surface area contributed by atoms with Crippen molar-refractivity contribution in [3.63, 3.8) is 0 Å². The number of rotatable bonds is 10. The van der Waals surface area contributed by atoms with Crippen molar-refractivity contribution in [1.82, 2.24) is 4.98 Å². The summed E-state index contributed by atoms with van der Waals surface area (Å²) in [5, 5.41) is 10.6. The number of hydrogen-bond donors (Lipinski definition) is 1. The van der Waals surface area contributed by atoms with Crippen LogP contribution in [0.25, 0.3) is 10.9 Å². The minimum atomic E-state index is -1.04. The molecule has 6 nitrogen and oxygen atoms in total. The second-order valence-corrected chi connectivity index (χ2v) is 8.25. The van der Waals surface area contributed by atoms with Gasteiger partial charge in [0, 0.05) is 16.0 Å². The van der Waals surface area contributed by atoms with E-state index in [9.17, 15) is 4.79 Å². The summed E-state index contributed by atoms with van der Waals surface area (Å²) >= 11 is 6.17. The number of carbonyl (C=O) groups is 1. The van der Waals surface area contributed by atoms with E-state index >= 15 is 0 Å². The van der Waals surface area contributed by atoms with Crippen LogP contribution in [0.5, 0.6) is 11.5 Å². The van der Waals surface area contributed by atoms with Gasteiger partial charge in [0.2, 0.25) is 0 Å². The molecule has 1 N–H and O–H groups in total. The maximum atomic E-state index is 10.9. The number of carboxylic acid groups (broad SMARTS) is 1. The number of nitrogens with zero attached hydrogens (tertiary/aromatic N) is 1. The average Bonchev–Trinajstić information content (AvgIpc) is 2.82. The Balaban J connectivity index is 1.36. The van der Waals surface area contributed by atoms with E-state index in [1.165, 1.54) is 0 Å². The summed E-state index contributed by atoms with van der Waals surface area (Å²) in [6.07, 6.45) is 0. The molecule has 34 heavy (non-hydrogen) atoms. The number of aliphatic carboxylic acids is 1. The van der Waals surface area contributed by atoms with Gasteiger partial charge in [-0.05, 0) is 54.4 Å². The molecule has 0 spiro atoms. The van der Waals surface area contributed by atoms with Crippen LogP contribution in [0.15, 0.2) is 72.8 Å². The Morgan fingerprint density at radius 1 is 0.941 bits per heavy atom. The van der Waals surface area contributed by atoms with Crippen molar-refractivity contribution in [3.8, 4) is 11.5 Å². The molecule has 0 fully saturated rings. The quantitative estimate of drug-likeness (QED) is 0.304. The van der Waals surface area contributed by atoms with Gasteiger partial charge in [-0.25, -0.2) is 9.78 Å². The first-order chi connectivity index (χ1) is 16.5. The van der Waals surface area contributed by atoms with Crippen LogP contribution in [0.2, 0.25) is 5.02 Å². The summed E-state index contributed by atoms with van der Waals surface area (Å²) in [6, 6.07) is 23.1. The first-order valence-electron chi connectivity index (χ1n) is 10.8. The van der Waals surface area contributed by atoms with Crippen LogP contribution in [0.1, 0.15) is 22.4 Å². The lowest BCUT2D eigenvalue weighted by molar-refractivity contribution is -0.139. The van der Waals surface area contributed by atoms with Crippen molar-refractivity contribution in [2.45, 2.75) is 26.7 Å². The Morgan fingerprint density at radius 2 is 1.79 bits per heavy atom. The van der Waals surface area contributed by atoms with E-state index in [-0.39, 0.29) is 6.61 Å². The van der Waals surface area contributed by atoms with E-state index in [0.29, 0.717) is 29.5 Å². The lowest BCUT2D eigenvalue weighted by Crippen LogP contribution is -2.12. The van der Waals surface area contributed by atoms with Crippen molar-refractivity contribution in [2.75, 3.05) is 6.61 Å². The van der Waals surface area contributed by atoms with Gasteiger partial charge in [0.05, 0.1) is 24.4 Å². The van der Waals surface area contributed by atoms with Crippen LogP contribution >= 0.6 is 11.6 Å². The molecule has 0 radical (unpaired) electrons. The fraction of sp³-hybridized carbons (Fsp3) is 0.185. The third kappa shape index (κ3) is 6.25. The predicted octanol–water partition coefficient (Wildman–Crippen LogP) is 5.96. The topological polar surface area (TPSA) is 77.9 Å². The number of ether oxygens (including phenoxy) is 3. The maximum Gasteiger partial charge on any atom is 0.341 e. The summed E-state index contributed by atoms with van der Waals surface area (Å²) in [7, 11) is 0. The van der Waals surface area contributed by atoms with Crippen molar-refractivity contribution in [1.29, 1.82) is 0 Å². The molecule has 0 aliphatic carbocycles. The first-order valence-corrected chi connectivity index (χ1v) is 11.1. The smallest absolute Gasteiger partial charge is 0.341 e. The molecule has 0 saturated carbocycles. The highest BCUT2D eigenvalue weighted by atomic mass is 35.5. The Bertz CT molecular complexity index is 1310. The molecule has 0 atom stereocenters. The fourth-order valence-electron chi connectivity index (χ4n) is 3.60. The molecule has 0 aliphatic heterocycles. The van der Waals surface area contributed by atoms with Crippen LogP contribution in [0.4, 0.5) is 0 Å². The largest absolute Gasteiger partial charge is 0.487 e. The Labute approximate surface area is 202 Å². The van der Waals surface area contributed by atoms with Gasteiger partial charge in [0.25, 0.3) is 0 Å². The van der Waals surface area contributed by atoms with Crippen molar-refractivity contribution in [2.24, 2.45) is 0 Å². The molecule has 0 bridgehead atoms. The monoisotopic (exact) mass is 477 g/mol. The molecule has 7 heteroatoms. The Morgan fingerprint density at radius 3 is 2.65 bits per heavy atom. The number of aryl methyl sites for hydroxylation is 1. The number of para-hydroxylation sites is 1. The third-order valence-electron chi connectivity index (χ3n) is 5.12. The summed E-state index contributed by atoms with van der Waals surface area (Å²) in [5.74, 6) is 0.156. The van der Waals surface area contributed by atoms with Crippen LogP contribution in [0, 0.1) is 6.92 Å². The SMILES string of the molecule is Cc1cc(Cl)cc(COCc2cccc(OCc3ccc4ccccc4n3)c2)c1OCC(=O)O. The number of carboxylic acids is 1. The maximum absolute atomic E-state index is 10.9. The molecule has 0 aliphatic rings. The lowest BCUT2D eigenvalue weighted by Gasteiger charge is -2.14. The number of benzene rings is 3. The Kier molecular flexibility index (Phi) is 7.62. The van der Waals surface area contributed by atoms with Crippen molar-refractivity contribution < 1.29 is 24.1 Å². The van der Waals surface area contributed by atoms with E-state index in [0.717, 1.165) is 33.5 Å². The fourth-order valence-corrected chi connectivity index (χ4v) is 3.89. The molecule has 3 aromatic carbocycles. The van der Waals surface area contributed by atoms with E-state index in [1.807, 2.05) is 67.6 Å². The van der Waals surface area contributed by atoms with Gasteiger partial charge in [-0.1, -0.05) is 48.0 Å². The highest BCUT2D eigenvalue weighted by Crippen LogP contribution is 2.29. The zero-order valence-electron chi connectivity index (χ0n) is 18.7. The molecule has 174 valence electrons. The van der Waals surface area contributed by atoms with Gasteiger partial charge in [-0.2, -0.15) is 0 Å². The number of halogens is 1. The van der Waals surface area contributed by atoms with Crippen LogP contribution in [-0.4, -0.2) is 22.7 Å². The van der Waals surface area contributed by atoms with Gasteiger partial charge in [0.1, 0.15) is 18.1 Å². The van der Waals surface area contributed by atoms with Crippen LogP contribution < -0.4 is 9.47 Å². The molecule has 0 amide bonds. The molecule has 1 aromatic heterocycles. The van der Waals surface area contributed by atoms with Gasteiger partial charge >= 0.3 is 5.97 Å². The normalized spacial score (nSPS) is 10.9. The molecule has 1 heterocycles. The van der Waals surface area contributed by atoms with Gasteiger partial charge in [-0.3, -0.25) is 0 Å². The van der Waals surface area contributed by atoms with E-state index in [2.05, 4.69) is 4.98 Å². The number of fused-ring (bicyclic) bond motifs is 1. The average molecular weight is 478 g/mol. The number of pyridine rings is 1. The minimum absolute atomic E-state index is 0.225. The van der Waals surface area contributed by atoms with Crippen LogP contribution in [0.3, 0.4) is 0 Å². The van der Waals surface area contributed by atoms with E-state index in [4.69, 9.17) is 30.9 Å². The zero-order valence-corrected chi connectivity index (χ0v) is 19.4. The van der Waals surface area contributed by atoms with Crippen molar-refractivity contribution >= 4 is 28.5 Å². The summed E-state index contributed by atoms with van der Waals surface area (Å²) in [6.45, 7) is 2.32. The predicted molar refractivity (Wildman–Crippen MR) is 130 cm³/mol. The Hall–Kier alpha value is -3.61. The summed E-state index contributed by atoms with van der Waals surface area (Å²) < 4.78 is 17.3. The first kappa shape index (κ1) is 23.5. The molecule has 4 rings (SSSR count). The molecule has 0 unspecified atom stereocenters. The van der Waals surface area contributed by atoms with Crippen LogP contribution in [-0.2, 0) is 29.4 Å². The highest BCUT2D eigenvalue weighted by molar-refractivity contribution is 6.30. The molecular weight excluding hydrogens is 454 g/mol. The molecular formula is C27H24ClNO5. The second-order valence-electron chi connectivity index (χ2n) is 7.82. The van der Waals surface area contributed by atoms with Crippen molar-refractivity contribution in [3.05, 3.63) is 100 Å². The lowest BCUT2D eigenvalue weighted by atomic mass is 10.1. The highest BCUT2D eigenvalue weighted by Gasteiger charge is 2.12. The van der Waals surface area contributed by atoms with E-state index < -0.39 is 12.6 Å². The number of hydrogen-bond acceptors (Lipinski definition) is 5. The van der Waals surface area contributed by atoms with Gasteiger partial charge < -0.3 is 19.3 Å². The zero-order chi connectivity index (χ0) is 23.9. The summed E-state index contributed by atoms with van der Waals surface area (Å²) in [4.78, 5) is 15.5. The standard InChI is InChI=1S/C27H24ClNO5/c1-18-11-22(28)13-21(27(18)34-17-26(30)31)15-32-14-19-5-4-7-24(12-19)33-16-23-10-9-20-6-2-3-8-25(20)29-23/h2-13H,14-17H2,1H3,(H,30,31). The molecule has 4 aromatic rings. The third-order valence-corrected chi connectivity index (χ3v) is 5.34. The second kappa shape index (κ2) is 11.0. The molecule has 0 saturated heterocycles. The summed E-state index contributed by atoms with van der Waals surface area (Å²) in [5.41, 5.74) is 4.18. The minimum Gasteiger partial charge on any atom is -0.487 e. The number of aromatic nitrogens is 1. The van der Waals surface area contributed by atoms with E-state index in [1.54, 1.807) is 12.1 Å². The van der Waals surface area contributed by atoms with Gasteiger partial charge in [-0.15, -0.1) is 0 Å².